The van der Waals surface area contributed by atoms with Crippen molar-refractivity contribution in [2.45, 2.75) is 6.92 Å². The summed E-state index contributed by atoms with van der Waals surface area (Å²) >= 11 is 11.7. The molecule has 0 saturated heterocycles. The number of furan rings is 1. The molecule has 2 aromatic rings. The van der Waals surface area contributed by atoms with Crippen LogP contribution in [0.1, 0.15) is 11.5 Å². The minimum atomic E-state index is -0.551. The highest BCUT2D eigenvalue weighted by Gasteiger charge is 2.11. The molecule has 0 aliphatic rings. The number of aryl methyl sites for hydroxylation is 1. The van der Waals surface area contributed by atoms with Crippen molar-refractivity contribution in [3.8, 4) is 6.07 Å². The molecule has 2 rings (SSSR count). The van der Waals surface area contributed by atoms with Crippen LogP contribution < -0.4 is 5.32 Å². The second-order valence-corrected chi connectivity index (χ2v) is 5.02. The van der Waals surface area contributed by atoms with E-state index < -0.39 is 5.91 Å². The number of nitrogens with zero attached hydrogens (tertiary/aromatic N) is 1. The topological polar surface area (TPSA) is 66.0 Å². The molecule has 0 saturated carbocycles. The van der Waals surface area contributed by atoms with E-state index in [9.17, 15) is 4.79 Å². The Balaban J connectivity index is 2.19. The van der Waals surface area contributed by atoms with E-state index in [-0.39, 0.29) is 5.57 Å². The number of carbonyl (C=O) groups is 1. The number of nitriles is 1. The molecule has 4 nitrogen and oxygen atoms in total. The average molecular weight is 321 g/mol. The minimum absolute atomic E-state index is 0.0737. The quantitative estimate of drug-likeness (QED) is 0.671. The molecule has 0 spiro atoms. The Kier molecular flexibility index (Phi) is 4.69. The summed E-state index contributed by atoms with van der Waals surface area (Å²) in [5.41, 5.74) is 0.376. The van der Waals surface area contributed by atoms with Crippen LogP contribution in [0.4, 0.5) is 5.69 Å². The summed E-state index contributed by atoms with van der Waals surface area (Å²) in [6.07, 6.45) is 1.37. The number of anilines is 1. The Labute approximate surface area is 131 Å². The highest BCUT2D eigenvalue weighted by Crippen LogP contribution is 2.25. The molecule has 6 heteroatoms. The lowest BCUT2D eigenvalue weighted by Gasteiger charge is -2.05. The molecule has 106 valence electrons. The van der Waals surface area contributed by atoms with Crippen LogP contribution in [0.5, 0.6) is 0 Å². The number of halogens is 2. The van der Waals surface area contributed by atoms with Gasteiger partial charge in [-0.15, -0.1) is 0 Å². The van der Waals surface area contributed by atoms with Crippen LogP contribution in [0.25, 0.3) is 6.08 Å². The van der Waals surface area contributed by atoms with E-state index in [0.29, 0.717) is 27.3 Å². The maximum absolute atomic E-state index is 12.0. The van der Waals surface area contributed by atoms with E-state index in [4.69, 9.17) is 32.9 Å². The van der Waals surface area contributed by atoms with Crippen molar-refractivity contribution in [3.63, 3.8) is 0 Å². The summed E-state index contributed by atoms with van der Waals surface area (Å²) in [7, 11) is 0. The molecule has 21 heavy (non-hydrogen) atoms. The zero-order chi connectivity index (χ0) is 15.4. The Morgan fingerprint density at radius 3 is 2.62 bits per heavy atom. The number of rotatable bonds is 3. The van der Waals surface area contributed by atoms with Gasteiger partial charge in [-0.1, -0.05) is 23.2 Å². The Morgan fingerprint density at radius 1 is 1.29 bits per heavy atom. The van der Waals surface area contributed by atoms with Crippen LogP contribution in [-0.4, -0.2) is 5.91 Å². The number of hydrogen-bond donors (Lipinski definition) is 1. The van der Waals surface area contributed by atoms with Crippen LogP contribution in [0.2, 0.25) is 10.0 Å². The molecule has 0 radical (unpaired) electrons. The predicted octanol–water partition coefficient (Wildman–Crippen LogP) is 4.44. The Morgan fingerprint density at radius 2 is 2.05 bits per heavy atom. The second-order valence-electron chi connectivity index (χ2n) is 4.20. The third-order valence-corrected chi connectivity index (χ3v) is 3.33. The summed E-state index contributed by atoms with van der Waals surface area (Å²) in [6.45, 7) is 1.78. The fourth-order valence-corrected chi connectivity index (χ4v) is 1.89. The first-order valence-electron chi connectivity index (χ1n) is 5.94. The first-order valence-corrected chi connectivity index (χ1v) is 6.70. The van der Waals surface area contributed by atoms with Gasteiger partial charge in [0.25, 0.3) is 5.91 Å². The van der Waals surface area contributed by atoms with Crippen LogP contribution in [0.15, 0.2) is 40.3 Å². The normalized spacial score (nSPS) is 11.0. The van der Waals surface area contributed by atoms with Crippen LogP contribution in [0.3, 0.4) is 0 Å². The molecule has 1 amide bonds. The number of carbonyl (C=O) groups excluding carboxylic acids is 1. The highest BCUT2D eigenvalue weighted by molar-refractivity contribution is 6.42. The van der Waals surface area contributed by atoms with Crippen molar-refractivity contribution in [1.29, 1.82) is 5.26 Å². The van der Waals surface area contributed by atoms with Gasteiger partial charge in [-0.05, 0) is 37.3 Å². The Bertz CT molecular complexity index is 757. The lowest BCUT2D eigenvalue weighted by molar-refractivity contribution is -0.112. The zero-order valence-corrected chi connectivity index (χ0v) is 12.5. The van der Waals surface area contributed by atoms with Gasteiger partial charge in [-0.25, -0.2) is 0 Å². The van der Waals surface area contributed by atoms with Crippen LogP contribution >= 0.6 is 23.2 Å². The zero-order valence-electron chi connectivity index (χ0n) is 11.0. The Hall–Kier alpha value is -2.22. The SMILES string of the molecule is Cc1ccc(/C=C(\C#N)C(=O)Nc2ccc(Cl)c(Cl)c2)o1. The van der Waals surface area contributed by atoms with Gasteiger partial charge < -0.3 is 9.73 Å². The molecule has 0 bridgehead atoms. The first kappa shape index (κ1) is 15.2. The van der Waals surface area contributed by atoms with Crippen molar-refractivity contribution in [2.24, 2.45) is 0 Å². The molecular formula is C15H10Cl2N2O2. The van der Waals surface area contributed by atoms with Crippen molar-refractivity contribution in [3.05, 3.63) is 57.5 Å². The predicted molar refractivity (Wildman–Crippen MR) is 82.1 cm³/mol. The van der Waals surface area contributed by atoms with Gasteiger partial charge in [0.2, 0.25) is 0 Å². The molecule has 0 aliphatic carbocycles. The summed E-state index contributed by atoms with van der Waals surface area (Å²) in [5, 5.41) is 12.4. The number of benzene rings is 1. The molecule has 1 aromatic carbocycles. The van der Waals surface area contributed by atoms with Gasteiger partial charge in [0, 0.05) is 11.8 Å². The van der Waals surface area contributed by atoms with Gasteiger partial charge in [-0.2, -0.15) is 5.26 Å². The number of nitrogens with one attached hydrogen (secondary N) is 1. The molecule has 0 atom stereocenters. The van der Waals surface area contributed by atoms with E-state index in [1.54, 1.807) is 31.2 Å². The maximum atomic E-state index is 12.0. The van der Waals surface area contributed by atoms with Crippen molar-refractivity contribution in [2.75, 3.05) is 5.32 Å². The van der Waals surface area contributed by atoms with Gasteiger partial charge in [-0.3, -0.25) is 4.79 Å². The van der Waals surface area contributed by atoms with E-state index in [2.05, 4.69) is 5.32 Å². The average Bonchev–Trinajstić information content (AvgIpc) is 2.85. The monoisotopic (exact) mass is 320 g/mol. The molecule has 1 N–H and O–H groups in total. The van der Waals surface area contributed by atoms with Crippen LogP contribution in [0, 0.1) is 18.3 Å². The molecule has 0 fully saturated rings. The largest absolute Gasteiger partial charge is 0.462 e. The first-order chi connectivity index (χ1) is 9.99. The van der Waals surface area contributed by atoms with Crippen molar-refractivity contribution < 1.29 is 9.21 Å². The fourth-order valence-electron chi connectivity index (χ4n) is 1.59. The fraction of sp³-hybridized carbons (Fsp3) is 0.0667. The highest BCUT2D eigenvalue weighted by atomic mass is 35.5. The van der Waals surface area contributed by atoms with Crippen LogP contribution in [-0.2, 0) is 4.79 Å². The van der Waals surface area contributed by atoms with Gasteiger partial charge in [0.15, 0.2) is 0 Å². The minimum Gasteiger partial charge on any atom is -0.462 e. The van der Waals surface area contributed by atoms with Gasteiger partial charge in [0.1, 0.15) is 23.2 Å². The van der Waals surface area contributed by atoms with E-state index in [1.165, 1.54) is 12.1 Å². The molecule has 1 heterocycles. The molecule has 0 unspecified atom stereocenters. The third-order valence-electron chi connectivity index (χ3n) is 2.59. The van der Waals surface area contributed by atoms with Gasteiger partial charge in [0.05, 0.1) is 10.0 Å². The molecular weight excluding hydrogens is 311 g/mol. The third kappa shape index (κ3) is 3.88. The summed E-state index contributed by atoms with van der Waals surface area (Å²) in [4.78, 5) is 12.0. The van der Waals surface area contributed by atoms with Crippen molar-refractivity contribution in [1.82, 2.24) is 0 Å². The smallest absolute Gasteiger partial charge is 0.266 e. The van der Waals surface area contributed by atoms with E-state index in [1.807, 2.05) is 6.07 Å². The summed E-state index contributed by atoms with van der Waals surface area (Å²) in [5.74, 6) is 0.585. The number of amides is 1. The lowest BCUT2D eigenvalue weighted by Crippen LogP contribution is -2.13. The van der Waals surface area contributed by atoms with Crippen molar-refractivity contribution >= 4 is 40.9 Å². The number of hydrogen-bond acceptors (Lipinski definition) is 3. The van der Waals surface area contributed by atoms with Gasteiger partial charge >= 0.3 is 0 Å². The molecule has 0 aliphatic heterocycles. The van der Waals surface area contributed by atoms with E-state index in [0.717, 1.165) is 0 Å². The van der Waals surface area contributed by atoms with E-state index >= 15 is 0 Å². The standard InChI is InChI=1S/C15H10Cl2N2O2/c1-9-2-4-12(21-9)6-10(8-18)15(20)19-11-3-5-13(16)14(17)7-11/h2-7H,1H3,(H,19,20)/b10-6+. The lowest BCUT2D eigenvalue weighted by atomic mass is 10.2. The second kappa shape index (κ2) is 6.49. The molecule has 1 aromatic heterocycles. The maximum Gasteiger partial charge on any atom is 0.266 e. The summed E-state index contributed by atoms with van der Waals surface area (Å²) in [6, 6.07) is 9.93. The summed E-state index contributed by atoms with van der Waals surface area (Å²) < 4.78 is 5.30.